The molecule has 8 nitrogen and oxygen atoms in total. The zero-order chi connectivity index (χ0) is 19.9. The van der Waals surface area contributed by atoms with Crippen molar-refractivity contribution in [3.8, 4) is 5.75 Å². The molecule has 3 heterocycles. The van der Waals surface area contributed by atoms with Crippen LogP contribution >= 0.6 is 0 Å². The van der Waals surface area contributed by atoms with Gasteiger partial charge in [-0.05, 0) is 44.4 Å². The number of Topliss-reactive ketones (excluding diaryl/α,β-unsaturated/α-hetero) is 1. The second kappa shape index (κ2) is 6.87. The van der Waals surface area contributed by atoms with Crippen molar-refractivity contribution in [2.45, 2.75) is 38.8 Å². The zero-order valence-corrected chi connectivity index (χ0v) is 16.0. The van der Waals surface area contributed by atoms with Gasteiger partial charge in [-0.2, -0.15) is 4.98 Å². The summed E-state index contributed by atoms with van der Waals surface area (Å²) in [4.78, 5) is 27.1. The highest BCUT2D eigenvalue weighted by Gasteiger charge is 2.35. The van der Waals surface area contributed by atoms with E-state index in [1.54, 1.807) is 35.2 Å². The number of phenols is 1. The molecule has 1 saturated heterocycles. The summed E-state index contributed by atoms with van der Waals surface area (Å²) in [7, 11) is 0. The van der Waals surface area contributed by atoms with Crippen LogP contribution in [0.4, 0.5) is 5.95 Å². The quantitative estimate of drug-likeness (QED) is 0.711. The minimum absolute atomic E-state index is 0.0362. The molecule has 146 valence electrons. The number of aromatic hydroxyl groups is 1. The summed E-state index contributed by atoms with van der Waals surface area (Å²) in [6.45, 7) is 4.85. The van der Waals surface area contributed by atoms with E-state index in [0.717, 1.165) is 11.3 Å². The average Bonchev–Trinajstić information content (AvgIpc) is 3.05. The predicted octanol–water partition coefficient (Wildman–Crippen LogP) is 1.92. The maximum atomic E-state index is 11.5. The lowest BCUT2D eigenvalue weighted by molar-refractivity contribution is -0.117. The maximum Gasteiger partial charge on any atom is 0.227 e. The van der Waals surface area contributed by atoms with Crippen molar-refractivity contribution in [2.75, 3.05) is 18.0 Å². The molecule has 8 heteroatoms. The minimum Gasteiger partial charge on any atom is -0.508 e. The molecule has 0 unspecified atom stereocenters. The smallest absolute Gasteiger partial charge is 0.227 e. The molecule has 2 aromatic heterocycles. The Morgan fingerprint density at radius 3 is 2.50 bits per heavy atom. The van der Waals surface area contributed by atoms with Crippen LogP contribution in [0.15, 0.2) is 30.6 Å². The topological polar surface area (TPSA) is 104 Å². The number of ketones is 1. The van der Waals surface area contributed by atoms with Gasteiger partial charge in [0.15, 0.2) is 5.65 Å². The van der Waals surface area contributed by atoms with Crippen molar-refractivity contribution in [3.05, 3.63) is 41.9 Å². The van der Waals surface area contributed by atoms with Crippen LogP contribution in [0.1, 0.15) is 31.0 Å². The van der Waals surface area contributed by atoms with E-state index in [1.807, 2.05) is 11.8 Å². The summed E-state index contributed by atoms with van der Waals surface area (Å²) < 4.78 is 1.74. The van der Waals surface area contributed by atoms with Gasteiger partial charge in [0.2, 0.25) is 5.95 Å². The Morgan fingerprint density at radius 1 is 1.18 bits per heavy atom. The van der Waals surface area contributed by atoms with Gasteiger partial charge in [-0.1, -0.05) is 12.1 Å². The summed E-state index contributed by atoms with van der Waals surface area (Å²) in [6, 6.07) is 6.71. The molecule has 1 aliphatic rings. The van der Waals surface area contributed by atoms with E-state index in [9.17, 15) is 15.0 Å². The summed E-state index contributed by atoms with van der Waals surface area (Å²) in [5.41, 5.74) is 1.98. The van der Waals surface area contributed by atoms with Gasteiger partial charge in [0, 0.05) is 13.1 Å². The van der Waals surface area contributed by atoms with Crippen LogP contribution < -0.4 is 4.90 Å². The molecule has 3 aromatic rings. The zero-order valence-electron chi connectivity index (χ0n) is 16.0. The van der Waals surface area contributed by atoms with Crippen molar-refractivity contribution in [2.24, 2.45) is 0 Å². The Hall–Kier alpha value is -3.00. The number of benzene rings is 1. The molecule has 1 aromatic carbocycles. The first kappa shape index (κ1) is 18.4. The number of hydrogen-bond donors (Lipinski definition) is 2. The van der Waals surface area contributed by atoms with Crippen molar-refractivity contribution in [1.29, 1.82) is 0 Å². The molecule has 0 spiro atoms. The Kier molecular flexibility index (Phi) is 4.50. The van der Waals surface area contributed by atoms with E-state index < -0.39 is 5.60 Å². The van der Waals surface area contributed by atoms with Crippen molar-refractivity contribution < 1.29 is 15.0 Å². The van der Waals surface area contributed by atoms with Gasteiger partial charge in [-0.25, -0.2) is 9.97 Å². The molecular weight excluding hydrogens is 358 g/mol. The van der Waals surface area contributed by atoms with Gasteiger partial charge in [0.05, 0.1) is 24.2 Å². The average molecular weight is 381 g/mol. The number of aliphatic hydroxyl groups is 1. The Labute approximate surface area is 162 Å². The minimum atomic E-state index is -0.931. The van der Waals surface area contributed by atoms with Crippen LogP contribution in [0.25, 0.3) is 11.2 Å². The van der Waals surface area contributed by atoms with E-state index in [-0.39, 0.29) is 18.1 Å². The Morgan fingerprint density at radius 2 is 1.86 bits per heavy atom. The summed E-state index contributed by atoms with van der Waals surface area (Å²) >= 11 is 0. The third-order valence-electron chi connectivity index (χ3n) is 5.30. The Balaban J connectivity index is 1.58. The summed E-state index contributed by atoms with van der Waals surface area (Å²) in [6.07, 6.45) is 2.69. The van der Waals surface area contributed by atoms with Gasteiger partial charge < -0.3 is 19.7 Å². The fourth-order valence-corrected chi connectivity index (χ4v) is 3.70. The number of aryl methyl sites for hydroxylation is 1. The lowest BCUT2D eigenvalue weighted by Gasteiger charge is -2.38. The van der Waals surface area contributed by atoms with E-state index >= 15 is 0 Å². The maximum absolute atomic E-state index is 11.5. The van der Waals surface area contributed by atoms with Crippen molar-refractivity contribution in [1.82, 2.24) is 19.5 Å². The van der Waals surface area contributed by atoms with E-state index in [0.29, 0.717) is 43.0 Å². The van der Waals surface area contributed by atoms with E-state index in [4.69, 9.17) is 0 Å². The number of hydrogen-bond acceptors (Lipinski definition) is 7. The second-order valence-electron chi connectivity index (χ2n) is 7.42. The first-order valence-corrected chi connectivity index (χ1v) is 9.31. The SMILES string of the molecule is CC(=O)Cn1cnc2c(C)nc(N3CCC(O)(c4ccc(O)cc4)CC3)nc21. The third-order valence-corrected chi connectivity index (χ3v) is 5.30. The van der Waals surface area contributed by atoms with Crippen LogP contribution in [0.2, 0.25) is 0 Å². The van der Waals surface area contributed by atoms with Gasteiger partial charge in [0.1, 0.15) is 17.0 Å². The van der Waals surface area contributed by atoms with Crippen molar-refractivity contribution >= 4 is 22.9 Å². The standard InChI is InChI=1S/C20H23N5O3/c1-13(26)11-25-12-21-17-14(2)22-19(23-18(17)25)24-9-7-20(28,8-10-24)15-3-5-16(27)6-4-15/h3-6,12,27-28H,7-11H2,1-2H3. The molecule has 0 aliphatic carbocycles. The molecule has 0 bridgehead atoms. The number of carbonyl (C=O) groups excluding carboxylic acids is 1. The second-order valence-corrected chi connectivity index (χ2v) is 7.42. The fourth-order valence-electron chi connectivity index (χ4n) is 3.70. The van der Waals surface area contributed by atoms with Crippen LogP contribution in [0.5, 0.6) is 5.75 Å². The van der Waals surface area contributed by atoms with Crippen LogP contribution in [0.3, 0.4) is 0 Å². The number of imidazole rings is 1. The molecule has 1 fully saturated rings. The number of rotatable bonds is 4. The Bertz CT molecular complexity index is 1020. The van der Waals surface area contributed by atoms with Gasteiger partial charge in [-0.15, -0.1) is 0 Å². The molecule has 0 amide bonds. The summed E-state index contributed by atoms with van der Waals surface area (Å²) in [5.74, 6) is 0.807. The first-order valence-electron chi connectivity index (χ1n) is 9.31. The largest absolute Gasteiger partial charge is 0.508 e. The predicted molar refractivity (Wildman–Crippen MR) is 104 cm³/mol. The molecular formula is C20H23N5O3. The number of aromatic nitrogens is 4. The molecule has 0 saturated carbocycles. The first-order chi connectivity index (χ1) is 13.4. The van der Waals surface area contributed by atoms with Gasteiger partial charge in [0.25, 0.3) is 0 Å². The van der Waals surface area contributed by atoms with Crippen molar-refractivity contribution in [3.63, 3.8) is 0 Å². The molecule has 4 rings (SSSR count). The molecule has 0 atom stereocenters. The molecule has 2 N–H and O–H groups in total. The number of anilines is 1. The molecule has 0 radical (unpaired) electrons. The monoisotopic (exact) mass is 381 g/mol. The number of carbonyl (C=O) groups is 1. The molecule has 1 aliphatic heterocycles. The van der Waals surface area contributed by atoms with Crippen LogP contribution in [-0.4, -0.2) is 48.6 Å². The van der Waals surface area contributed by atoms with E-state index in [1.165, 1.54) is 6.92 Å². The van der Waals surface area contributed by atoms with Gasteiger partial charge in [-0.3, -0.25) is 4.79 Å². The normalized spacial score (nSPS) is 16.5. The number of phenolic OH excluding ortho intramolecular Hbond substituents is 1. The highest BCUT2D eigenvalue weighted by atomic mass is 16.3. The van der Waals surface area contributed by atoms with Gasteiger partial charge >= 0.3 is 0 Å². The number of fused-ring (bicyclic) bond motifs is 1. The van der Waals surface area contributed by atoms with Crippen LogP contribution in [-0.2, 0) is 16.9 Å². The third kappa shape index (κ3) is 3.31. The highest BCUT2D eigenvalue weighted by Crippen LogP contribution is 2.34. The summed E-state index contributed by atoms with van der Waals surface area (Å²) in [5, 5.41) is 20.5. The fraction of sp³-hybridized carbons (Fsp3) is 0.400. The lowest BCUT2D eigenvalue weighted by Crippen LogP contribution is -2.43. The number of nitrogens with zero attached hydrogens (tertiary/aromatic N) is 5. The number of piperidine rings is 1. The lowest BCUT2D eigenvalue weighted by atomic mass is 9.84. The van der Waals surface area contributed by atoms with Crippen LogP contribution in [0, 0.1) is 6.92 Å². The highest BCUT2D eigenvalue weighted by molar-refractivity contribution is 5.79. The molecule has 28 heavy (non-hydrogen) atoms. The van der Waals surface area contributed by atoms with E-state index in [2.05, 4.69) is 15.0 Å².